The number of hydrogen-bond donors (Lipinski definition) is 1. The van der Waals surface area contributed by atoms with Gasteiger partial charge >= 0.3 is 0 Å². The molecule has 1 heterocycles. The number of halogens is 1. The minimum Gasteiger partial charge on any atom is -0.320 e. The van der Waals surface area contributed by atoms with Crippen LogP contribution >= 0.6 is 11.6 Å². The third-order valence-electron chi connectivity index (χ3n) is 2.41. The largest absolute Gasteiger partial charge is 0.320 e. The van der Waals surface area contributed by atoms with Crippen molar-refractivity contribution < 1.29 is 0 Å². The molecule has 0 saturated heterocycles. The second-order valence-corrected chi connectivity index (χ2v) is 3.91. The van der Waals surface area contributed by atoms with Crippen molar-refractivity contribution in [2.75, 3.05) is 0 Å². The zero-order chi connectivity index (χ0) is 8.93. The Kier molecular flexibility index (Phi) is 1.50. The zero-order valence-electron chi connectivity index (χ0n) is 7.26. The molecule has 2 rings (SSSR count). The summed E-state index contributed by atoms with van der Waals surface area (Å²) in [6.45, 7) is 1.90. The first-order valence-corrected chi connectivity index (χ1v) is 4.41. The predicted molar refractivity (Wildman–Crippen MR) is 48.1 cm³/mol. The summed E-state index contributed by atoms with van der Waals surface area (Å²) in [7, 11) is 1.89. The van der Waals surface area contributed by atoms with Gasteiger partial charge in [0.2, 0.25) is 0 Å². The summed E-state index contributed by atoms with van der Waals surface area (Å²) in [5.41, 5.74) is 7.70. The van der Waals surface area contributed by atoms with Gasteiger partial charge in [0.25, 0.3) is 0 Å². The molecule has 3 nitrogen and oxygen atoms in total. The lowest BCUT2D eigenvalue weighted by molar-refractivity contribution is 0.613. The predicted octanol–water partition coefficient (Wildman–Crippen LogP) is 1.33. The number of nitrogens with zero attached hydrogens (tertiary/aromatic N) is 2. The van der Waals surface area contributed by atoms with E-state index in [4.69, 9.17) is 17.3 Å². The van der Waals surface area contributed by atoms with Crippen LogP contribution in [0.5, 0.6) is 0 Å². The summed E-state index contributed by atoms with van der Waals surface area (Å²) in [4.78, 5) is 0. The van der Waals surface area contributed by atoms with E-state index in [1.54, 1.807) is 4.68 Å². The maximum absolute atomic E-state index is 6.08. The van der Waals surface area contributed by atoms with Gasteiger partial charge < -0.3 is 5.73 Å². The first kappa shape index (κ1) is 8.08. The number of hydrogen-bond acceptors (Lipinski definition) is 2. The van der Waals surface area contributed by atoms with Crippen LogP contribution in [-0.2, 0) is 12.6 Å². The fourth-order valence-electron chi connectivity index (χ4n) is 1.54. The van der Waals surface area contributed by atoms with Crippen molar-refractivity contribution in [2.24, 2.45) is 12.8 Å². The average molecular weight is 186 g/mol. The summed E-state index contributed by atoms with van der Waals surface area (Å²) >= 11 is 6.08. The quantitative estimate of drug-likeness (QED) is 0.718. The van der Waals surface area contributed by atoms with Crippen molar-refractivity contribution in [1.82, 2.24) is 9.78 Å². The molecule has 0 bridgehead atoms. The van der Waals surface area contributed by atoms with E-state index in [2.05, 4.69) is 5.10 Å². The molecule has 1 aromatic rings. The highest BCUT2D eigenvalue weighted by atomic mass is 35.5. The van der Waals surface area contributed by atoms with E-state index in [-0.39, 0.29) is 5.54 Å². The zero-order valence-corrected chi connectivity index (χ0v) is 8.02. The molecule has 0 amide bonds. The molecule has 12 heavy (non-hydrogen) atoms. The second kappa shape index (κ2) is 2.24. The topological polar surface area (TPSA) is 43.8 Å². The van der Waals surface area contributed by atoms with E-state index in [1.807, 2.05) is 14.0 Å². The fraction of sp³-hybridized carbons (Fsp3) is 0.625. The number of nitrogens with two attached hydrogens (primary N) is 1. The Morgan fingerprint density at radius 2 is 2.17 bits per heavy atom. The molecule has 0 radical (unpaired) electrons. The molecular formula is C8H12ClN3. The summed E-state index contributed by atoms with van der Waals surface area (Å²) in [6.07, 6.45) is 2.04. The van der Waals surface area contributed by atoms with E-state index >= 15 is 0 Å². The molecule has 0 aromatic carbocycles. The van der Waals surface area contributed by atoms with Crippen LogP contribution in [0.3, 0.4) is 0 Å². The molecule has 1 aliphatic rings. The lowest BCUT2D eigenvalue weighted by Gasteiger charge is -2.08. The van der Waals surface area contributed by atoms with Crippen molar-refractivity contribution in [1.29, 1.82) is 0 Å². The number of rotatable bonds is 1. The van der Waals surface area contributed by atoms with Crippen molar-refractivity contribution in [2.45, 2.75) is 25.3 Å². The summed E-state index contributed by atoms with van der Waals surface area (Å²) < 4.78 is 1.80. The fourth-order valence-corrected chi connectivity index (χ4v) is 1.89. The molecule has 4 heteroatoms. The van der Waals surface area contributed by atoms with Gasteiger partial charge in [0.15, 0.2) is 0 Å². The van der Waals surface area contributed by atoms with Crippen LogP contribution in [0, 0.1) is 6.92 Å². The van der Waals surface area contributed by atoms with E-state index in [1.165, 1.54) is 0 Å². The third kappa shape index (κ3) is 0.967. The molecule has 0 unspecified atom stereocenters. The standard InChI is InChI=1S/C8H12ClN3/c1-5-6(9)7(12(2)11-5)8(10)3-4-8/h3-4,10H2,1-2H3. The van der Waals surface area contributed by atoms with Crippen molar-refractivity contribution in [3.05, 3.63) is 16.4 Å². The van der Waals surface area contributed by atoms with Crippen molar-refractivity contribution in [3.8, 4) is 0 Å². The highest BCUT2D eigenvalue weighted by Gasteiger charge is 2.44. The minimum absolute atomic E-state index is 0.187. The van der Waals surface area contributed by atoms with E-state index in [0.29, 0.717) is 0 Å². The SMILES string of the molecule is Cc1nn(C)c(C2(N)CC2)c1Cl. The second-order valence-electron chi connectivity index (χ2n) is 3.53. The minimum atomic E-state index is -0.187. The Hall–Kier alpha value is -0.540. The summed E-state index contributed by atoms with van der Waals surface area (Å²) in [6, 6.07) is 0. The first-order valence-electron chi connectivity index (χ1n) is 4.03. The van der Waals surface area contributed by atoms with Crippen molar-refractivity contribution >= 4 is 11.6 Å². The van der Waals surface area contributed by atoms with Crippen molar-refractivity contribution in [3.63, 3.8) is 0 Å². The average Bonchev–Trinajstić information content (AvgIpc) is 2.62. The van der Waals surface area contributed by atoms with Crippen LogP contribution in [0.15, 0.2) is 0 Å². The van der Waals surface area contributed by atoms with Gasteiger partial charge in [0.1, 0.15) is 0 Å². The smallest absolute Gasteiger partial charge is 0.0866 e. The lowest BCUT2D eigenvalue weighted by Crippen LogP contribution is -2.22. The Balaban J connectivity index is 2.55. The van der Waals surface area contributed by atoms with Crippen LogP contribution in [0.25, 0.3) is 0 Å². The third-order valence-corrected chi connectivity index (χ3v) is 2.86. The summed E-state index contributed by atoms with van der Waals surface area (Å²) in [5.74, 6) is 0. The van der Waals surface area contributed by atoms with Gasteiger partial charge in [0.05, 0.1) is 21.9 Å². The molecular weight excluding hydrogens is 174 g/mol. The summed E-state index contributed by atoms with van der Waals surface area (Å²) in [5, 5.41) is 4.96. The molecule has 1 aromatic heterocycles. The molecule has 0 atom stereocenters. The Morgan fingerprint density at radius 1 is 1.58 bits per heavy atom. The Labute approximate surface area is 76.5 Å². The monoisotopic (exact) mass is 185 g/mol. The van der Waals surface area contributed by atoms with Crippen LogP contribution < -0.4 is 5.73 Å². The van der Waals surface area contributed by atoms with Crippen LogP contribution in [0.2, 0.25) is 5.02 Å². The Morgan fingerprint density at radius 3 is 2.50 bits per heavy atom. The number of aromatic nitrogens is 2. The van der Waals surface area contributed by atoms with Gasteiger partial charge in [0, 0.05) is 7.05 Å². The maximum atomic E-state index is 6.08. The highest BCUT2D eigenvalue weighted by molar-refractivity contribution is 6.32. The van der Waals surface area contributed by atoms with Gasteiger partial charge in [-0.1, -0.05) is 11.6 Å². The van der Waals surface area contributed by atoms with Gasteiger partial charge in [-0.15, -0.1) is 0 Å². The molecule has 1 fully saturated rings. The van der Waals surface area contributed by atoms with Gasteiger partial charge in [-0.25, -0.2) is 0 Å². The first-order chi connectivity index (χ1) is 5.54. The van der Waals surface area contributed by atoms with Gasteiger partial charge in [-0.3, -0.25) is 4.68 Å². The highest BCUT2D eigenvalue weighted by Crippen LogP contribution is 2.45. The number of aryl methyl sites for hydroxylation is 2. The molecule has 66 valence electrons. The van der Waals surface area contributed by atoms with E-state index < -0.39 is 0 Å². The van der Waals surface area contributed by atoms with Gasteiger partial charge in [-0.2, -0.15) is 5.10 Å². The van der Waals surface area contributed by atoms with Crippen LogP contribution in [-0.4, -0.2) is 9.78 Å². The normalized spacial score (nSPS) is 19.7. The molecule has 0 aliphatic heterocycles. The Bertz CT molecular complexity index is 325. The molecule has 0 spiro atoms. The van der Waals surface area contributed by atoms with Gasteiger partial charge in [-0.05, 0) is 19.8 Å². The van der Waals surface area contributed by atoms with Crippen LogP contribution in [0.4, 0.5) is 0 Å². The molecule has 1 saturated carbocycles. The maximum Gasteiger partial charge on any atom is 0.0866 e. The lowest BCUT2D eigenvalue weighted by atomic mass is 10.2. The van der Waals surface area contributed by atoms with E-state index in [0.717, 1.165) is 29.3 Å². The van der Waals surface area contributed by atoms with E-state index in [9.17, 15) is 0 Å². The molecule has 1 aliphatic carbocycles. The van der Waals surface area contributed by atoms with Crippen LogP contribution in [0.1, 0.15) is 24.2 Å². The molecule has 2 N–H and O–H groups in total.